The van der Waals surface area contributed by atoms with Crippen LogP contribution in [0.2, 0.25) is 5.02 Å². The zero-order valence-corrected chi connectivity index (χ0v) is 9.22. The van der Waals surface area contributed by atoms with E-state index >= 15 is 0 Å². The lowest BCUT2D eigenvalue weighted by atomic mass is 10.2. The van der Waals surface area contributed by atoms with Crippen molar-refractivity contribution in [3.05, 3.63) is 34.9 Å². The highest BCUT2D eigenvalue weighted by Gasteiger charge is 2.27. The number of nitrogens with one attached hydrogen (secondary N) is 1. The van der Waals surface area contributed by atoms with Gasteiger partial charge in [-0.05, 0) is 43.4 Å². The molecule has 0 bridgehead atoms. The summed E-state index contributed by atoms with van der Waals surface area (Å²) in [6, 6.07) is 8.70. The SMILES string of the molecule is CC(NCc1ccc(Cl)cc1)C1CC1. The van der Waals surface area contributed by atoms with Crippen LogP contribution in [0.5, 0.6) is 0 Å². The molecule has 1 unspecified atom stereocenters. The summed E-state index contributed by atoms with van der Waals surface area (Å²) < 4.78 is 0. The summed E-state index contributed by atoms with van der Waals surface area (Å²) in [4.78, 5) is 0. The summed E-state index contributed by atoms with van der Waals surface area (Å²) in [6.45, 7) is 3.22. The van der Waals surface area contributed by atoms with Gasteiger partial charge in [-0.2, -0.15) is 0 Å². The van der Waals surface area contributed by atoms with Crippen LogP contribution in [0.15, 0.2) is 24.3 Å². The molecule has 0 spiro atoms. The van der Waals surface area contributed by atoms with Crippen molar-refractivity contribution in [3.8, 4) is 0 Å². The van der Waals surface area contributed by atoms with Gasteiger partial charge in [0.05, 0.1) is 0 Å². The molecule has 0 aromatic heterocycles. The van der Waals surface area contributed by atoms with E-state index in [9.17, 15) is 0 Å². The molecule has 1 aromatic carbocycles. The van der Waals surface area contributed by atoms with E-state index in [1.807, 2.05) is 12.1 Å². The van der Waals surface area contributed by atoms with Crippen LogP contribution in [-0.2, 0) is 6.54 Å². The van der Waals surface area contributed by atoms with Gasteiger partial charge in [0.25, 0.3) is 0 Å². The first kappa shape index (κ1) is 10.0. The maximum atomic E-state index is 5.81. The highest BCUT2D eigenvalue weighted by Crippen LogP contribution is 2.32. The van der Waals surface area contributed by atoms with E-state index in [4.69, 9.17) is 11.6 Å². The van der Waals surface area contributed by atoms with Crippen LogP contribution in [0.1, 0.15) is 25.3 Å². The highest BCUT2D eigenvalue weighted by molar-refractivity contribution is 6.30. The standard InChI is InChI=1S/C12H16ClN/c1-9(11-4-5-11)14-8-10-2-6-12(13)7-3-10/h2-3,6-7,9,11,14H,4-5,8H2,1H3. The number of hydrogen-bond donors (Lipinski definition) is 1. The van der Waals surface area contributed by atoms with Crippen molar-refractivity contribution in [2.24, 2.45) is 5.92 Å². The second kappa shape index (κ2) is 4.33. The molecule has 2 rings (SSSR count). The molecule has 0 aliphatic heterocycles. The Kier molecular flexibility index (Phi) is 3.09. The van der Waals surface area contributed by atoms with E-state index in [2.05, 4.69) is 24.4 Å². The summed E-state index contributed by atoms with van der Waals surface area (Å²) >= 11 is 5.81. The molecule has 1 fully saturated rings. The molecular weight excluding hydrogens is 194 g/mol. The Balaban J connectivity index is 1.82. The Morgan fingerprint density at radius 1 is 1.36 bits per heavy atom. The summed E-state index contributed by atoms with van der Waals surface area (Å²) in [5.74, 6) is 0.919. The fourth-order valence-corrected chi connectivity index (χ4v) is 1.77. The van der Waals surface area contributed by atoms with E-state index in [1.54, 1.807) is 0 Å². The maximum Gasteiger partial charge on any atom is 0.0406 e. The number of hydrogen-bond acceptors (Lipinski definition) is 1. The Morgan fingerprint density at radius 2 is 2.00 bits per heavy atom. The zero-order chi connectivity index (χ0) is 9.97. The van der Waals surface area contributed by atoms with Gasteiger partial charge in [0, 0.05) is 17.6 Å². The van der Waals surface area contributed by atoms with Crippen LogP contribution >= 0.6 is 11.6 Å². The van der Waals surface area contributed by atoms with Crippen LogP contribution in [0.3, 0.4) is 0 Å². The topological polar surface area (TPSA) is 12.0 Å². The van der Waals surface area contributed by atoms with Gasteiger partial charge in [-0.1, -0.05) is 23.7 Å². The second-order valence-electron chi connectivity index (χ2n) is 4.13. The van der Waals surface area contributed by atoms with Crippen molar-refractivity contribution in [2.45, 2.75) is 32.4 Å². The van der Waals surface area contributed by atoms with E-state index in [0.717, 1.165) is 17.5 Å². The molecule has 0 amide bonds. The van der Waals surface area contributed by atoms with Crippen LogP contribution < -0.4 is 5.32 Å². The molecular formula is C12H16ClN. The third-order valence-electron chi connectivity index (χ3n) is 2.87. The summed E-state index contributed by atoms with van der Waals surface area (Å²) in [5, 5.41) is 4.35. The molecule has 0 radical (unpaired) electrons. The van der Waals surface area contributed by atoms with E-state index in [-0.39, 0.29) is 0 Å². The van der Waals surface area contributed by atoms with Gasteiger partial charge in [0.15, 0.2) is 0 Å². The fraction of sp³-hybridized carbons (Fsp3) is 0.500. The van der Waals surface area contributed by atoms with Gasteiger partial charge in [-0.15, -0.1) is 0 Å². The minimum absolute atomic E-state index is 0.658. The van der Waals surface area contributed by atoms with Gasteiger partial charge >= 0.3 is 0 Å². The summed E-state index contributed by atoms with van der Waals surface area (Å²) in [5.41, 5.74) is 1.31. The molecule has 14 heavy (non-hydrogen) atoms. The highest BCUT2D eigenvalue weighted by atomic mass is 35.5. The van der Waals surface area contributed by atoms with Crippen molar-refractivity contribution >= 4 is 11.6 Å². The largest absolute Gasteiger partial charge is 0.310 e. The van der Waals surface area contributed by atoms with Crippen molar-refractivity contribution in [3.63, 3.8) is 0 Å². The molecule has 1 aliphatic carbocycles. The number of rotatable bonds is 4. The van der Waals surface area contributed by atoms with Gasteiger partial charge < -0.3 is 5.32 Å². The zero-order valence-electron chi connectivity index (χ0n) is 8.46. The van der Waals surface area contributed by atoms with Crippen LogP contribution in [0, 0.1) is 5.92 Å². The second-order valence-corrected chi connectivity index (χ2v) is 4.57. The average Bonchev–Trinajstić information content (AvgIpc) is 3.00. The first-order chi connectivity index (χ1) is 6.75. The van der Waals surface area contributed by atoms with Gasteiger partial charge in [-0.25, -0.2) is 0 Å². The van der Waals surface area contributed by atoms with E-state index in [0.29, 0.717) is 6.04 Å². The monoisotopic (exact) mass is 209 g/mol. The maximum absolute atomic E-state index is 5.81. The van der Waals surface area contributed by atoms with E-state index in [1.165, 1.54) is 18.4 Å². The smallest absolute Gasteiger partial charge is 0.0406 e. The molecule has 0 saturated heterocycles. The lowest BCUT2D eigenvalue weighted by molar-refractivity contribution is 0.496. The molecule has 1 N–H and O–H groups in total. The van der Waals surface area contributed by atoms with Gasteiger partial charge in [-0.3, -0.25) is 0 Å². The quantitative estimate of drug-likeness (QED) is 0.803. The Bertz CT molecular complexity index is 290. The molecule has 76 valence electrons. The molecule has 1 aromatic rings. The van der Waals surface area contributed by atoms with Gasteiger partial charge in [0.2, 0.25) is 0 Å². The van der Waals surface area contributed by atoms with Crippen molar-refractivity contribution in [2.75, 3.05) is 0 Å². The Hall–Kier alpha value is -0.530. The molecule has 2 heteroatoms. The van der Waals surface area contributed by atoms with Crippen molar-refractivity contribution in [1.29, 1.82) is 0 Å². The number of halogens is 1. The Labute approximate surface area is 90.5 Å². The Morgan fingerprint density at radius 3 is 2.57 bits per heavy atom. The van der Waals surface area contributed by atoms with Crippen LogP contribution in [0.4, 0.5) is 0 Å². The third-order valence-corrected chi connectivity index (χ3v) is 3.12. The lowest BCUT2D eigenvalue weighted by Gasteiger charge is -2.12. The minimum Gasteiger partial charge on any atom is -0.310 e. The summed E-state index contributed by atoms with van der Waals surface area (Å²) in [7, 11) is 0. The average molecular weight is 210 g/mol. The van der Waals surface area contributed by atoms with Crippen LogP contribution in [0.25, 0.3) is 0 Å². The molecule has 1 saturated carbocycles. The fourth-order valence-electron chi connectivity index (χ4n) is 1.64. The van der Waals surface area contributed by atoms with Crippen molar-refractivity contribution in [1.82, 2.24) is 5.32 Å². The molecule has 1 atom stereocenters. The van der Waals surface area contributed by atoms with E-state index < -0.39 is 0 Å². The van der Waals surface area contributed by atoms with Crippen molar-refractivity contribution < 1.29 is 0 Å². The lowest BCUT2D eigenvalue weighted by Crippen LogP contribution is -2.27. The molecule has 1 nitrogen and oxygen atoms in total. The summed E-state index contributed by atoms with van der Waals surface area (Å²) in [6.07, 6.45) is 2.80. The predicted molar refractivity (Wildman–Crippen MR) is 60.5 cm³/mol. The normalized spacial score (nSPS) is 18.1. The number of benzene rings is 1. The molecule has 0 heterocycles. The first-order valence-corrected chi connectivity index (χ1v) is 5.61. The molecule has 1 aliphatic rings. The van der Waals surface area contributed by atoms with Crippen LogP contribution in [-0.4, -0.2) is 6.04 Å². The minimum atomic E-state index is 0.658. The van der Waals surface area contributed by atoms with Gasteiger partial charge in [0.1, 0.15) is 0 Å². The third kappa shape index (κ3) is 2.73. The first-order valence-electron chi connectivity index (χ1n) is 5.23. The predicted octanol–water partition coefficient (Wildman–Crippen LogP) is 3.23.